The Bertz CT molecular complexity index is 919. The standard InChI is InChI=1S/C20H32N8O7/c1-9(2)16(19(33)27-13(20(34)35)5-10-7-24-8-25-10)28-18(32)12(3-4-14(22)29)26-17(31)11(21)6-15(23)30/h7-9,11-13,16H,3-6,21H2,1-2H3,(H2,22,29)(H2,23,30)(H,24,25)(H,26,31)(H,27,33)(H,28,32)(H,34,35). The van der Waals surface area contributed by atoms with Crippen LogP contribution >= 0.6 is 0 Å². The maximum absolute atomic E-state index is 12.9. The second kappa shape index (κ2) is 13.6. The second-order valence-electron chi connectivity index (χ2n) is 8.25. The van der Waals surface area contributed by atoms with Gasteiger partial charge in [0.25, 0.3) is 0 Å². The predicted octanol–water partition coefficient (Wildman–Crippen LogP) is -3.38. The Hall–Kier alpha value is -4.01. The van der Waals surface area contributed by atoms with Crippen molar-refractivity contribution >= 4 is 35.5 Å². The average Bonchev–Trinajstić information content (AvgIpc) is 3.26. The fourth-order valence-electron chi connectivity index (χ4n) is 3.01. The van der Waals surface area contributed by atoms with E-state index >= 15 is 0 Å². The lowest BCUT2D eigenvalue weighted by molar-refractivity contribution is -0.142. The number of hydrogen-bond donors (Lipinski definition) is 8. The number of carboxylic acids is 1. The summed E-state index contributed by atoms with van der Waals surface area (Å²) in [5.74, 6) is -5.82. The second-order valence-corrected chi connectivity index (χ2v) is 8.25. The third kappa shape index (κ3) is 10.2. The first-order valence-electron chi connectivity index (χ1n) is 10.7. The molecule has 0 fully saturated rings. The lowest BCUT2D eigenvalue weighted by Crippen LogP contribution is -2.58. The Morgan fingerprint density at radius 2 is 1.60 bits per heavy atom. The maximum Gasteiger partial charge on any atom is 0.326 e. The topological polar surface area (TPSA) is 265 Å². The quantitative estimate of drug-likeness (QED) is 0.120. The van der Waals surface area contributed by atoms with Gasteiger partial charge in [0, 0.05) is 24.7 Å². The van der Waals surface area contributed by atoms with Gasteiger partial charge < -0.3 is 43.2 Å². The Kier molecular flexibility index (Phi) is 11.3. The summed E-state index contributed by atoms with van der Waals surface area (Å²) in [4.78, 5) is 78.4. The summed E-state index contributed by atoms with van der Waals surface area (Å²) >= 11 is 0. The van der Waals surface area contributed by atoms with Crippen molar-refractivity contribution in [2.24, 2.45) is 23.1 Å². The molecule has 1 aromatic heterocycles. The highest BCUT2D eigenvalue weighted by Crippen LogP contribution is 2.07. The Morgan fingerprint density at radius 3 is 2.09 bits per heavy atom. The van der Waals surface area contributed by atoms with Crippen LogP contribution in [0.15, 0.2) is 12.5 Å². The molecule has 0 bridgehead atoms. The smallest absolute Gasteiger partial charge is 0.326 e. The van der Waals surface area contributed by atoms with Crippen molar-refractivity contribution in [1.29, 1.82) is 0 Å². The lowest BCUT2D eigenvalue weighted by atomic mass is 10.0. The van der Waals surface area contributed by atoms with E-state index in [1.54, 1.807) is 13.8 Å². The van der Waals surface area contributed by atoms with Gasteiger partial charge in [-0.3, -0.25) is 24.0 Å². The summed E-state index contributed by atoms with van der Waals surface area (Å²) < 4.78 is 0. The average molecular weight is 497 g/mol. The lowest BCUT2D eigenvalue weighted by Gasteiger charge is -2.27. The third-order valence-electron chi connectivity index (χ3n) is 4.91. The molecule has 15 heteroatoms. The molecule has 0 aliphatic heterocycles. The minimum atomic E-state index is -1.33. The highest BCUT2D eigenvalue weighted by molar-refractivity contribution is 5.95. The van der Waals surface area contributed by atoms with Gasteiger partial charge in [-0.25, -0.2) is 9.78 Å². The van der Waals surface area contributed by atoms with Gasteiger partial charge in [-0.15, -0.1) is 0 Å². The number of aromatic amines is 1. The number of hydrogen-bond acceptors (Lipinski definition) is 8. The number of aliphatic carboxylic acids is 1. The number of imidazole rings is 1. The van der Waals surface area contributed by atoms with Gasteiger partial charge in [0.05, 0.1) is 18.8 Å². The van der Waals surface area contributed by atoms with Crippen LogP contribution in [0.1, 0.15) is 38.8 Å². The number of carbonyl (C=O) groups is 6. The van der Waals surface area contributed by atoms with E-state index in [1.165, 1.54) is 12.5 Å². The molecule has 194 valence electrons. The van der Waals surface area contributed by atoms with Crippen LogP contribution in [0, 0.1) is 5.92 Å². The molecule has 1 heterocycles. The van der Waals surface area contributed by atoms with Crippen LogP contribution in [0.4, 0.5) is 0 Å². The van der Waals surface area contributed by atoms with Gasteiger partial charge in [0.1, 0.15) is 18.1 Å². The molecule has 0 saturated carbocycles. The predicted molar refractivity (Wildman–Crippen MR) is 121 cm³/mol. The number of H-pyrrole nitrogens is 1. The molecule has 11 N–H and O–H groups in total. The van der Waals surface area contributed by atoms with Crippen LogP contribution in [0.25, 0.3) is 0 Å². The molecule has 1 aromatic rings. The molecule has 0 aromatic carbocycles. The van der Waals surface area contributed by atoms with Crippen molar-refractivity contribution in [3.63, 3.8) is 0 Å². The Morgan fingerprint density at radius 1 is 0.971 bits per heavy atom. The fraction of sp³-hybridized carbons (Fsp3) is 0.550. The molecule has 0 saturated heterocycles. The van der Waals surface area contributed by atoms with Crippen LogP contribution in [-0.2, 0) is 35.2 Å². The Labute approximate surface area is 200 Å². The molecule has 0 aliphatic carbocycles. The summed E-state index contributed by atoms with van der Waals surface area (Å²) in [5, 5.41) is 16.6. The van der Waals surface area contributed by atoms with Gasteiger partial charge in [-0.1, -0.05) is 13.8 Å². The minimum Gasteiger partial charge on any atom is -0.480 e. The van der Waals surface area contributed by atoms with E-state index in [0.29, 0.717) is 5.69 Å². The highest BCUT2D eigenvalue weighted by atomic mass is 16.4. The van der Waals surface area contributed by atoms with Crippen molar-refractivity contribution in [3.8, 4) is 0 Å². The first-order valence-corrected chi connectivity index (χ1v) is 10.7. The number of rotatable bonds is 15. The zero-order chi connectivity index (χ0) is 26.7. The zero-order valence-corrected chi connectivity index (χ0v) is 19.4. The molecule has 5 amide bonds. The molecular weight excluding hydrogens is 464 g/mol. The van der Waals surface area contributed by atoms with Gasteiger partial charge in [0.15, 0.2) is 0 Å². The fourth-order valence-corrected chi connectivity index (χ4v) is 3.01. The molecule has 15 nitrogen and oxygen atoms in total. The van der Waals surface area contributed by atoms with E-state index in [9.17, 15) is 33.9 Å². The summed E-state index contributed by atoms with van der Waals surface area (Å²) in [6.07, 6.45) is 1.75. The molecule has 4 atom stereocenters. The van der Waals surface area contributed by atoms with Crippen LogP contribution in [0.5, 0.6) is 0 Å². The monoisotopic (exact) mass is 496 g/mol. The third-order valence-corrected chi connectivity index (χ3v) is 4.91. The van der Waals surface area contributed by atoms with E-state index in [4.69, 9.17) is 17.2 Å². The molecule has 35 heavy (non-hydrogen) atoms. The van der Waals surface area contributed by atoms with E-state index in [1.807, 2.05) is 0 Å². The molecule has 0 aliphatic rings. The van der Waals surface area contributed by atoms with Crippen LogP contribution in [-0.4, -0.2) is 74.7 Å². The summed E-state index contributed by atoms with van der Waals surface area (Å²) in [6, 6.07) is -5.14. The van der Waals surface area contributed by atoms with Crippen molar-refractivity contribution in [2.75, 3.05) is 0 Å². The highest BCUT2D eigenvalue weighted by Gasteiger charge is 2.32. The van der Waals surface area contributed by atoms with Gasteiger partial charge in [-0.05, 0) is 12.3 Å². The molecule has 4 unspecified atom stereocenters. The summed E-state index contributed by atoms with van der Waals surface area (Å²) in [5.41, 5.74) is 16.2. The van der Waals surface area contributed by atoms with Crippen molar-refractivity contribution in [1.82, 2.24) is 25.9 Å². The van der Waals surface area contributed by atoms with Gasteiger partial charge in [0.2, 0.25) is 29.5 Å². The molecule has 0 radical (unpaired) electrons. The van der Waals surface area contributed by atoms with Crippen LogP contribution in [0.2, 0.25) is 0 Å². The van der Waals surface area contributed by atoms with Crippen molar-refractivity contribution in [3.05, 3.63) is 18.2 Å². The van der Waals surface area contributed by atoms with Gasteiger partial charge in [-0.2, -0.15) is 0 Å². The normalized spacial score (nSPS) is 14.3. The number of nitrogens with zero attached hydrogens (tertiary/aromatic N) is 1. The van der Waals surface area contributed by atoms with E-state index in [-0.39, 0.29) is 19.3 Å². The minimum absolute atomic E-state index is 0.0745. The molecule has 0 spiro atoms. The first-order chi connectivity index (χ1) is 16.3. The SMILES string of the molecule is CC(C)C(NC(=O)C(CCC(N)=O)NC(=O)C(N)CC(N)=O)C(=O)NC(Cc1cnc[nH]1)C(=O)O. The number of primary amides is 2. The number of nitrogens with two attached hydrogens (primary N) is 3. The zero-order valence-electron chi connectivity index (χ0n) is 19.4. The molecular formula is C20H32N8O7. The summed E-state index contributed by atoms with van der Waals surface area (Å²) in [6.45, 7) is 3.24. The number of nitrogens with one attached hydrogen (secondary N) is 4. The van der Waals surface area contributed by atoms with E-state index < -0.39 is 72.0 Å². The number of amides is 5. The Balaban J connectivity index is 2.96. The van der Waals surface area contributed by atoms with E-state index in [0.717, 1.165) is 0 Å². The van der Waals surface area contributed by atoms with Crippen molar-refractivity contribution < 1.29 is 33.9 Å². The number of carboxylic acid groups (broad SMARTS) is 1. The van der Waals surface area contributed by atoms with Gasteiger partial charge >= 0.3 is 5.97 Å². The maximum atomic E-state index is 12.9. The first kappa shape index (κ1) is 29.0. The van der Waals surface area contributed by atoms with E-state index in [2.05, 4.69) is 25.9 Å². The number of carbonyl (C=O) groups excluding carboxylic acids is 5. The van der Waals surface area contributed by atoms with Crippen molar-refractivity contribution in [2.45, 2.75) is 63.7 Å². The summed E-state index contributed by atoms with van der Waals surface area (Å²) in [7, 11) is 0. The largest absolute Gasteiger partial charge is 0.480 e. The molecule has 1 rings (SSSR count). The van der Waals surface area contributed by atoms with Crippen LogP contribution < -0.4 is 33.2 Å². The van der Waals surface area contributed by atoms with Crippen LogP contribution in [0.3, 0.4) is 0 Å². The number of aromatic nitrogens is 2.